The van der Waals surface area contributed by atoms with Crippen molar-refractivity contribution in [2.24, 2.45) is 5.92 Å². The second-order valence-corrected chi connectivity index (χ2v) is 7.36. The molecular weight excluding hydrogens is 338 g/mol. The lowest BCUT2D eigenvalue weighted by Gasteiger charge is -2.32. The number of nitrogens with zero attached hydrogens (tertiary/aromatic N) is 4. The Morgan fingerprint density at radius 3 is 2.44 bits per heavy atom. The van der Waals surface area contributed by atoms with Crippen LogP contribution in [0, 0.1) is 5.92 Å². The Hall–Kier alpha value is -2.47. The molecule has 3 rings (SSSR count). The fourth-order valence-electron chi connectivity index (χ4n) is 3.48. The van der Waals surface area contributed by atoms with E-state index in [1.165, 1.54) is 5.56 Å². The summed E-state index contributed by atoms with van der Waals surface area (Å²) >= 11 is 0. The molecule has 1 atom stereocenters. The van der Waals surface area contributed by atoms with Gasteiger partial charge in [-0.2, -0.15) is 0 Å². The molecule has 6 heteroatoms. The van der Waals surface area contributed by atoms with Crippen LogP contribution in [0.3, 0.4) is 0 Å². The number of carbonyl (C=O) groups excluding carboxylic acids is 1. The van der Waals surface area contributed by atoms with Crippen LogP contribution >= 0.6 is 0 Å². The van der Waals surface area contributed by atoms with Gasteiger partial charge < -0.3 is 15.1 Å². The van der Waals surface area contributed by atoms with E-state index in [1.807, 2.05) is 12.1 Å². The molecule has 0 unspecified atom stereocenters. The van der Waals surface area contributed by atoms with Gasteiger partial charge in [-0.3, -0.25) is 4.79 Å². The Morgan fingerprint density at radius 1 is 1.15 bits per heavy atom. The van der Waals surface area contributed by atoms with E-state index in [0.29, 0.717) is 6.54 Å². The third-order valence-electron chi connectivity index (χ3n) is 5.26. The van der Waals surface area contributed by atoms with E-state index in [-0.39, 0.29) is 17.9 Å². The van der Waals surface area contributed by atoms with Crippen LogP contribution in [0.25, 0.3) is 0 Å². The van der Waals surface area contributed by atoms with Gasteiger partial charge in [0.1, 0.15) is 0 Å². The highest BCUT2D eigenvalue weighted by Crippen LogP contribution is 2.20. The Morgan fingerprint density at radius 2 is 1.81 bits per heavy atom. The van der Waals surface area contributed by atoms with Crippen molar-refractivity contribution in [2.75, 3.05) is 38.6 Å². The van der Waals surface area contributed by atoms with Gasteiger partial charge in [0, 0.05) is 44.0 Å². The van der Waals surface area contributed by atoms with E-state index in [1.54, 1.807) is 12.4 Å². The lowest BCUT2D eigenvalue weighted by atomic mass is 9.96. The van der Waals surface area contributed by atoms with Crippen molar-refractivity contribution < 1.29 is 4.79 Å². The van der Waals surface area contributed by atoms with Crippen LogP contribution in [-0.2, 0) is 11.2 Å². The SMILES string of the molecule is CN(C)[C@@H](CNC(=O)C1CCN(c2ncccn2)CC1)Cc1ccccc1. The van der Waals surface area contributed by atoms with Gasteiger partial charge >= 0.3 is 0 Å². The van der Waals surface area contributed by atoms with Crippen molar-refractivity contribution in [1.82, 2.24) is 20.2 Å². The van der Waals surface area contributed by atoms with Crippen LogP contribution in [0.2, 0.25) is 0 Å². The van der Waals surface area contributed by atoms with Gasteiger partial charge in [-0.1, -0.05) is 30.3 Å². The van der Waals surface area contributed by atoms with E-state index in [9.17, 15) is 4.79 Å². The second kappa shape index (κ2) is 9.46. The molecule has 1 N–H and O–H groups in total. The number of amides is 1. The fraction of sp³-hybridized carbons (Fsp3) is 0.476. The molecule has 0 spiro atoms. The summed E-state index contributed by atoms with van der Waals surface area (Å²) in [6, 6.07) is 12.5. The fourth-order valence-corrected chi connectivity index (χ4v) is 3.48. The van der Waals surface area contributed by atoms with Crippen LogP contribution in [0.1, 0.15) is 18.4 Å². The monoisotopic (exact) mass is 367 g/mol. The Balaban J connectivity index is 1.47. The number of anilines is 1. The normalized spacial score (nSPS) is 16.3. The molecule has 0 bridgehead atoms. The van der Waals surface area contributed by atoms with Crippen molar-refractivity contribution in [3.8, 4) is 0 Å². The molecule has 2 aromatic rings. The van der Waals surface area contributed by atoms with Crippen LogP contribution < -0.4 is 10.2 Å². The summed E-state index contributed by atoms with van der Waals surface area (Å²) in [4.78, 5) is 25.6. The number of nitrogens with one attached hydrogen (secondary N) is 1. The summed E-state index contributed by atoms with van der Waals surface area (Å²) in [5.41, 5.74) is 1.29. The molecule has 27 heavy (non-hydrogen) atoms. The molecule has 1 aliphatic heterocycles. The number of aromatic nitrogens is 2. The first kappa shape index (κ1) is 19.3. The number of carbonyl (C=O) groups is 1. The van der Waals surface area contributed by atoms with E-state index in [4.69, 9.17) is 0 Å². The predicted molar refractivity (Wildman–Crippen MR) is 108 cm³/mol. The lowest BCUT2D eigenvalue weighted by Crippen LogP contribution is -2.46. The first-order valence-corrected chi connectivity index (χ1v) is 9.63. The van der Waals surface area contributed by atoms with Gasteiger partial charge in [0.2, 0.25) is 11.9 Å². The minimum absolute atomic E-state index is 0.0736. The van der Waals surface area contributed by atoms with Gasteiger partial charge in [-0.15, -0.1) is 0 Å². The van der Waals surface area contributed by atoms with Crippen molar-refractivity contribution in [2.45, 2.75) is 25.3 Å². The molecule has 1 aromatic heterocycles. The number of hydrogen-bond donors (Lipinski definition) is 1. The highest BCUT2D eigenvalue weighted by molar-refractivity contribution is 5.79. The largest absolute Gasteiger partial charge is 0.354 e. The maximum absolute atomic E-state index is 12.6. The molecule has 0 radical (unpaired) electrons. The van der Waals surface area contributed by atoms with Crippen LogP contribution in [0.15, 0.2) is 48.8 Å². The minimum atomic E-state index is 0.0736. The Labute approximate surface area is 161 Å². The molecule has 1 fully saturated rings. The van der Waals surface area contributed by atoms with Crippen molar-refractivity contribution in [3.63, 3.8) is 0 Å². The summed E-state index contributed by atoms with van der Waals surface area (Å²) < 4.78 is 0. The highest BCUT2D eigenvalue weighted by Gasteiger charge is 2.26. The van der Waals surface area contributed by atoms with Crippen LogP contribution in [0.4, 0.5) is 5.95 Å². The second-order valence-electron chi connectivity index (χ2n) is 7.36. The Kier molecular flexibility index (Phi) is 6.76. The summed E-state index contributed by atoms with van der Waals surface area (Å²) in [5.74, 6) is 1.000. The zero-order chi connectivity index (χ0) is 19.1. The van der Waals surface area contributed by atoms with Crippen LogP contribution in [0.5, 0.6) is 0 Å². The predicted octanol–water partition coefficient (Wildman–Crippen LogP) is 1.98. The van der Waals surface area contributed by atoms with Gasteiger partial charge in [-0.05, 0) is 45.0 Å². The first-order valence-electron chi connectivity index (χ1n) is 9.63. The molecule has 1 aromatic carbocycles. The van der Waals surface area contributed by atoms with Gasteiger partial charge in [0.15, 0.2) is 0 Å². The molecule has 144 valence electrons. The summed E-state index contributed by atoms with van der Waals surface area (Å²) in [6.07, 6.45) is 6.13. The van der Waals surface area contributed by atoms with Gasteiger partial charge in [-0.25, -0.2) is 9.97 Å². The van der Waals surface area contributed by atoms with Gasteiger partial charge in [0.25, 0.3) is 0 Å². The molecule has 1 amide bonds. The topological polar surface area (TPSA) is 61.4 Å². The van der Waals surface area contributed by atoms with E-state index < -0.39 is 0 Å². The van der Waals surface area contributed by atoms with Crippen molar-refractivity contribution in [1.29, 1.82) is 0 Å². The number of benzene rings is 1. The highest BCUT2D eigenvalue weighted by atomic mass is 16.1. The van der Waals surface area contributed by atoms with Crippen molar-refractivity contribution in [3.05, 3.63) is 54.4 Å². The number of piperidine rings is 1. The van der Waals surface area contributed by atoms with E-state index >= 15 is 0 Å². The van der Waals surface area contributed by atoms with E-state index in [2.05, 4.69) is 63.4 Å². The Bertz CT molecular complexity index is 699. The molecule has 2 heterocycles. The first-order chi connectivity index (χ1) is 13.1. The molecule has 1 aliphatic rings. The smallest absolute Gasteiger partial charge is 0.225 e. The average Bonchev–Trinajstić information content (AvgIpc) is 2.72. The zero-order valence-electron chi connectivity index (χ0n) is 16.2. The maximum atomic E-state index is 12.6. The molecular formula is C21H29N5O. The summed E-state index contributed by atoms with van der Waals surface area (Å²) in [5, 5.41) is 3.18. The molecule has 1 saturated heterocycles. The third-order valence-corrected chi connectivity index (χ3v) is 5.26. The maximum Gasteiger partial charge on any atom is 0.225 e. The standard InChI is InChI=1S/C21H29N5O/c1-25(2)19(15-17-7-4-3-5-8-17)16-24-20(27)18-9-13-26(14-10-18)21-22-11-6-12-23-21/h3-8,11-12,18-19H,9-10,13-16H2,1-2H3,(H,24,27)/t19-/m1/s1. The third kappa shape index (κ3) is 5.50. The minimum Gasteiger partial charge on any atom is -0.354 e. The number of hydrogen-bond acceptors (Lipinski definition) is 5. The summed E-state index contributed by atoms with van der Waals surface area (Å²) in [6.45, 7) is 2.31. The lowest BCUT2D eigenvalue weighted by molar-refractivity contribution is -0.125. The molecule has 0 aliphatic carbocycles. The average molecular weight is 367 g/mol. The molecule has 6 nitrogen and oxygen atoms in total. The number of likely N-dealkylation sites (N-methyl/N-ethyl adjacent to an activating group) is 1. The van der Waals surface area contributed by atoms with Crippen molar-refractivity contribution >= 4 is 11.9 Å². The van der Waals surface area contributed by atoms with Crippen LogP contribution in [-0.4, -0.2) is 60.5 Å². The quantitative estimate of drug-likeness (QED) is 0.811. The molecule has 0 saturated carbocycles. The van der Waals surface area contributed by atoms with Gasteiger partial charge in [0.05, 0.1) is 0 Å². The zero-order valence-corrected chi connectivity index (χ0v) is 16.2. The van der Waals surface area contributed by atoms with E-state index in [0.717, 1.165) is 38.3 Å². The number of rotatable bonds is 7. The summed E-state index contributed by atoms with van der Waals surface area (Å²) in [7, 11) is 4.14.